The lowest BCUT2D eigenvalue weighted by molar-refractivity contribution is 0.663. The molecule has 0 aromatic carbocycles. The molecule has 0 aromatic heterocycles. The second-order valence-corrected chi connectivity index (χ2v) is 1.20. The van der Waals surface area contributed by atoms with E-state index in [1.807, 2.05) is 0 Å². The van der Waals surface area contributed by atoms with Crippen molar-refractivity contribution in [2.24, 2.45) is 0 Å². The lowest BCUT2D eigenvalue weighted by Gasteiger charge is -1.79. The third-order valence-corrected chi connectivity index (χ3v) is 0.550. The first kappa shape index (κ1) is 6.66. The Bertz CT molecular complexity index is 60.7. The van der Waals surface area contributed by atoms with Gasteiger partial charge in [0.05, 0.1) is 0 Å². The predicted molar refractivity (Wildman–Crippen MR) is 27.6 cm³/mol. The van der Waals surface area contributed by atoms with Crippen LogP contribution in [0.4, 0.5) is 8.63 Å². The molecule has 0 atom stereocenters. The second kappa shape index (κ2) is 3.84. The Morgan fingerprint density at radius 3 is 2.29 bits per heavy atom. The Labute approximate surface area is 42.4 Å². The van der Waals surface area contributed by atoms with Gasteiger partial charge in [0, 0.05) is 6.32 Å². The molecule has 7 heavy (non-hydrogen) atoms. The van der Waals surface area contributed by atoms with E-state index in [1.54, 1.807) is 13.0 Å². The van der Waals surface area contributed by atoms with Gasteiger partial charge in [-0.15, -0.1) is 0 Å². The van der Waals surface area contributed by atoms with E-state index in [-0.39, 0.29) is 6.32 Å². The van der Waals surface area contributed by atoms with Crippen molar-refractivity contribution < 1.29 is 8.63 Å². The Morgan fingerprint density at radius 2 is 2.14 bits per heavy atom. The van der Waals surface area contributed by atoms with Crippen molar-refractivity contribution in [3.63, 3.8) is 0 Å². The minimum Gasteiger partial charge on any atom is -0.287 e. The Kier molecular flexibility index (Phi) is 3.66. The number of allylic oxidation sites excluding steroid dienone is 2. The molecule has 0 N–H and O–H groups in total. The lowest BCUT2D eigenvalue weighted by atomic mass is 9.93. The number of hydrogen-bond acceptors (Lipinski definition) is 0. The standard InChI is InChI=1S/C4H7BF2/c1-2-3-4-5(6)7/h2-3H,4H2,1H3/b3-2+. The van der Waals surface area contributed by atoms with Gasteiger partial charge < -0.3 is 0 Å². The van der Waals surface area contributed by atoms with Gasteiger partial charge in [-0.2, -0.15) is 0 Å². The van der Waals surface area contributed by atoms with Gasteiger partial charge >= 0.3 is 7.27 Å². The molecule has 0 aromatic rings. The van der Waals surface area contributed by atoms with Crippen LogP contribution in [0, 0.1) is 0 Å². The fourth-order valence-corrected chi connectivity index (χ4v) is 0.239. The average molecular weight is 104 g/mol. The molecule has 0 spiro atoms. The molecule has 40 valence electrons. The van der Waals surface area contributed by atoms with Crippen molar-refractivity contribution in [2.75, 3.05) is 0 Å². The van der Waals surface area contributed by atoms with Gasteiger partial charge in [-0.25, -0.2) is 0 Å². The summed E-state index contributed by atoms with van der Waals surface area (Å²) in [5, 5.41) is 0. The van der Waals surface area contributed by atoms with Crippen LogP contribution in [-0.2, 0) is 0 Å². The Balaban J connectivity index is 2.97. The van der Waals surface area contributed by atoms with Gasteiger partial charge in [-0.1, -0.05) is 12.2 Å². The maximum Gasteiger partial charge on any atom is 0.541 e. The summed E-state index contributed by atoms with van der Waals surface area (Å²) in [7, 11) is -2.18. The molecule has 0 aliphatic rings. The normalized spacial score (nSPS) is 10.1. The lowest BCUT2D eigenvalue weighted by Crippen LogP contribution is -1.90. The van der Waals surface area contributed by atoms with E-state index in [0.717, 1.165) is 0 Å². The molecular formula is C4H7BF2. The zero-order valence-corrected chi connectivity index (χ0v) is 4.20. The highest BCUT2D eigenvalue weighted by atomic mass is 19.2. The third kappa shape index (κ3) is 5.66. The number of rotatable bonds is 2. The maximum absolute atomic E-state index is 11.2. The summed E-state index contributed by atoms with van der Waals surface area (Å²) in [6.07, 6.45) is 2.95. The molecule has 0 bridgehead atoms. The van der Waals surface area contributed by atoms with Crippen LogP contribution in [-0.4, -0.2) is 7.27 Å². The maximum atomic E-state index is 11.2. The summed E-state index contributed by atoms with van der Waals surface area (Å²) >= 11 is 0. The largest absolute Gasteiger partial charge is 0.541 e. The summed E-state index contributed by atoms with van der Waals surface area (Å²) in [6.45, 7) is 1.72. The monoisotopic (exact) mass is 104 g/mol. The zero-order chi connectivity index (χ0) is 5.70. The van der Waals surface area contributed by atoms with Crippen LogP contribution >= 0.6 is 0 Å². The van der Waals surface area contributed by atoms with Gasteiger partial charge in [0.1, 0.15) is 0 Å². The summed E-state index contributed by atoms with van der Waals surface area (Å²) in [6, 6.07) is 0. The molecule has 0 aliphatic heterocycles. The minimum absolute atomic E-state index is 0.115. The van der Waals surface area contributed by atoms with E-state index in [2.05, 4.69) is 0 Å². The van der Waals surface area contributed by atoms with E-state index in [0.29, 0.717) is 0 Å². The fourth-order valence-electron chi connectivity index (χ4n) is 0.239. The summed E-state index contributed by atoms with van der Waals surface area (Å²) in [4.78, 5) is 0. The quantitative estimate of drug-likeness (QED) is 0.371. The van der Waals surface area contributed by atoms with Crippen LogP contribution < -0.4 is 0 Å². The smallest absolute Gasteiger partial charge is 0.287 e. The Morgan fingerprint density at radius 1 is 1.57 bits per heavy atom. The summed E-state index contributed by atoms with van der Waals surface area (Å²) in [5.41, 5.74) is 0. The van der Waals surface area contributed by atoms with E-state index in [4.69, 9.17) is 0 Å². The van der Waals surface area contributed by atoms with Gasteiger partial charge in [-0.3, -0.25) is 8.63 Å². The van der Waals surface area contributed by atoms with Crippen molar-refractivity contribution in [1.82, 2.24) is 0 Å². The molecule has 0 nitrogen and oxygen atoms in total. The first-order valence-corrected chi connectivity index (χ1v) is 2.16. The SMILES string of the molecule is C/C=C/CB(F)F. The molecule has 0 fully saturated rings. The van der Waals surface area contributed by atoms with Crippen LogP contribution in [0.2, 0.25) is 6.32 Å². The highest BCUT2D eigenvalue weighted by molar-refractivity contribution is 6.43. The Hall–Kier alpha value is -0.335. The molecular weight excluding hydrogens is 96.9 g/mol. The fraction of sp³-hybridized carbons (Fsp3) is 0.500. The van der Waals surface area contributed by atoms with E-state index < -0.39 is 7.27 Å². The van der Waals surface area contributed by atoms with Gasteiger partial charge in [0.2, 0.25) is 0 Å². The average Bonchev–Trinajstić information content (AvgIpc) is 1.61. The number of hydrogen-bond donors (Lipinski definition) is 0. The van der Waals surface area contributed by atoms with E-state index in [1.165, 1.54) is 6.08 Å². The highest BCUT2D eigenvalue weighted by Crippen LogP contribution is 1.94. The van der Waals surface area contributed by atoms with Crippen LogP contribution in [0.15, 0.2) is 12.2 Å². The van der Waals surface area contributed by atoms with Crippen LogP contribution in [0.3, 0.4) is 0 Å². The minimum atomic E-state index is -2.18. The third-order valence-electron chi connectivity index (χ3n) is 0.550. The van der Waals surface area contributed by atoms with Crippen molar-refractivity contribution in [1.29, 1.82) is 0 Å². The summed E-state index contributed by atoms with van der Waals surface area (Å²) < 4.78 is 22.3. The van der Waals surface area contributed by atoms with Crippen molar-refractivity contribution in [3.05, 3.63) is 12.2 Å². The molecule has 0 radical (unpaired) electrons. The van der Waals surface area contributed by atoms with Crippen molar-refractivity contribution >= 4 is 7.27 Å². The zero-order valence-electron chi connectivity index (χ0n) is 4.20. The molecule has 0 amide bonds. The molecule has 0 aliphatic carbocycles. The molecule has 0 heterocycles. The second-order valence-electron chi connectivity index (χ2n) is 1.20. The van der Waals surface area contributed by atoms with Gasteiger partial charge in [0.25, 0.3) is 0 Å². The van der Waals surface area contributed by atoms with Crippen LogP contribution in [0.1, 0.15) is 6.92 Å². The summed E-state index contributed by atoms with van der Waals surface area (Å²) in [5.74, 6) is 0. The van der Waals surface area contributed by atoms with Crippen molar-refractivity contribution in [2.45, 2.75) is 13.2 Å². The van der Waals surface area contributed by atoms with E-state index in [9.17, 15) is 8.63 Å². The first-order valence-electron chi connectivity index (χ1n) is 2.16. The van der Waals surface area contributed by atoms with Gasteiger partial charge in [0.15, 0.2) is 0 Å². The van der Waals surface area contributed by atoms with E-state index >= 15 is 0 Å². The highest BCUT2D eigenvalue weighted by Gasteiger charge is 2.06. The first-order chi connectivity index (χ1) is 3.27. The predicted octanol–water partition coefficient (Wildman–Crippen LogP) is 1.99. The van der Waals surface area contributed by atoms with Crippen molar-refractivity contribution in [3.8, 4) is 0 Å². The molecule has 0 saturated heterocycles. The van der Waals surface area contributed by atoms with Crippen LogP contribution in [0.5, 0.6) is 0 Å². The topological polar surface area (TPSA) is 0 Å². The molecule has 0 unspecified atom stereocenters. The molecule has 3 heteroatoms. The van der Waals surface area contributed by atoms with Gasteiger partial charge in [-0.05, 0) is 6.92 Å². The van der Waals surface area contributed by atoms with Crippen LogP contribution in [0.25, 0.3) is 0 Å². The molecule has 0 rings (SSSR count). The molecule has 0 saturated carbocycles. The number of halogens is 2.